The van der Waals surface area contributed by atoms with Crippen molar-refractivity contribution in [1.82, 2.24) is 0 Å². The molecule has 0 atom stereocenters. The van der Waals surface area contributed by atoms with E-state index in [1.807, 2.05) is 26.8 Å². The third kappa shape index (κ3) is 5.91. The molecule has 1 aromatic heterocycles. The standard InChI is InChI=1S/C15H20O2/c1-12(2)9-15(16)10-13(3)5-4-6-14-7-8-17-11-14/h7-11H,4-6H2,1-3H3. The summed E-state index contributed by atoms with van der Waals surface area (Å²) in [7, 11) is 0. The SMILES string of the molecule is CC(C)=CC(=O)C=C(C)CCCc1ccoc1. The average Bonchev–Trinajstić information content (AvgIpc) is 2.68. The molecule has 0 aliphatic carbocycles. The van der Waals surface area contributed by atoms with Crippen molar-refractivity contribution in [2.24, 2.45) is 0 Å². The van der Waals surface area contributed by atoms with Crippen molar-refractivity contribution in [3.63, 3.8) is 0 Å². The molecule has 0 saturated carbocycles. The zero-order valence-corrected chi connectivity index (χ0v) is 10.8. The number of aryl methyl sites for hydroxylation is 1. The van der Waals surface area contributed by atoms with Gasteiger partial charge in [0.05, 0.1) is 12.5 Å². The van der Waals surface area contributed by atoms with E-state index < -0.39 is 0 Å². The maximum atomic E-state index is 11.5. The maximum Gasteiger partial charge on any atom is 0.178 e. The number of hydrogen-bond donors (Lipinski definition) is 0. The Hall–Kier alpha value is -1.57. The third-order valence-corrected chi connectivity index (χ3v) is 2.44. The number of allylic oxidation sites excluding steroid dienone is 4. The van der Waals surface area contributed by atoms with Crippen LogP contribution in [0.1, 0.15) is 39.2 Å². The van der Waals surface area contributed by atoms with Gasteiger partial charge in [-0.15, -0.1) is 0 Å². The van der Waals surface area contributed by atoms with Crippen LogP contribution in [-0.4, -0.2) is 5.78 Å². The first-order chi connectivity index (χ1) is 8.08. The Labute approximate surface area is 103 Å². The Kier molecular flexibility index (Phi) is 5.47. The smallest absolute Gasteiger partial charge is 0.178 e. The van der Waals surface area contributed by atoms with Crippen LogP contribution in [0, 0.1) is 0 Å². The van der Waals surface area contributed by atoms with Gasteiger partial charge >= 0.3 is 0 Å². The van der Waals surface area contributed by atoms with Crippen LogP contribution in [0.5, 0.6) is 0 Å². The second kappa shape index (κ2) is 6.89. The predicted octanol–water partition coefficient (Wildman–Crippen LogP) is 4.08. The molecule has 2 heteroatoms. The molecule has 0 aromatic carbocycles. The molecule has 1 rings (SSSR count). The first kappa shape index (κ1) is 13.5. The van der Waals surface area contributed by atoms with Crippen LogP contribution in [-0.2, 0) is 11.2 Å². The number of carbonyl (C=O) groups is 1. The Bertz CT molecular complexity index is 404. The minimum absolute atomic E-state index is 0.0887. The van der Waals surface area contributed by atoms with Gasteiger partial charge in [-0.25, -0.2) is 0 Å². The van der Waals surface area contributed by atoms with Crippen molar-refractivity contribution >= 4 is 5.78 Å². The molecule has 1 heterocycles. The largest absolute Gasteiger partial charge is 0.472 e. The highest BCUT2D eigenvalue weighted by Gasteiger charge is 1.98. The number of hydrogen-bond acceptors (Lipinski definition) is 2. The number of furan rings is 1. The second-order valence-electron chi connectivity index (χ2n) is 4.60. The molecular formula is C15H20O2. The van der Waals surface area contributed by atoms with Crippen molar-refractivity contribution < 1.29 is 9.21 Å². The summed E-state index contributed by atoms with van der Waals surface area (Å²) in [5.41, 5.74) is 3.39. The van der Waals surface area contributed by atoms with Gasteiger partial charge in [0.15, 0.2) is 5.78 Å². The summed E-state index contributed by atoms with van der Waals surface area (Å²) >= 11 is 0. The van der Waals surface area contributed by atoms with Gasteiger partial charge in [-0.05, 0) is 63.8 Å². The summed E-state index contributed by atoms with van der Waals surface area (Å²) < 4.78 is 5.00. The number of rotatable bonds is 6. The van der Waals surface area contributed by atoms with E-state index in [0.29, 0.717) is 0 Å². The summed E-state index contributed by atoms with van der Waals surface area (Å²) in [6.07, 6.45) is 9.85. The molecule has 0 bridgehead atoms. The van der Waals surface area contributed by atoms with Crippen LogP contribution >= 0.6 is 0 Å². The fourth-order valence-electron chi connectivity index (χ4n) is 1.65. The molecule has 0 radical (unpaired) electrons. The quantitative estimate of drug-likeness (QED) is 0.692. The van der Waals surface area contributed by atoms with E-state index in [4.69, 9.17) is 4.42 Å². The van der Waals surface area contributed by atoms with Crippen molar-refractivity contribution in [3.05, 3.63) is 47.5 Å². The minimum Gasteiger partial charge on any atom is -0.472 e. The Morgan fingerprint density at radius 3 is 2.65 bits per heavy atom. The van der Waals surface area contributed by atoms with Gasteiger partial charge in [0.25, 0.3) is 0 Å². The molecule has 0 N–H and O–H groups in total. The lowest BCUT2D eigenvalue weighted by atomic mass is 10.1. The van der Waals surface area contributed by atoms with Gasteiger partial charge in [-0.1, -0.05) is 11.1 Å². The van der Waals surface area contributed by atoms with E-state index in [1.54, 1.807) is 24.7 Å². The second-order valence-corrected chi connectivity index (χ2v) is 4.60. The molecule has 92 valence electrons. The zero-order chi connectivity index (χ0) is 12.7. The fraction of sp³-hybridized carbons (Fsp3) is 0.400. The highest BCUT2D eigenvalue weighted by molar-refractivity contribution is 5.99. The van der Waals surface area contributed by atoms with E-state index in [1.165, 1.54) is 5.56 Å². The predicted molar refractivity (Wildman–Crippen MR) is 69.8 cm³/mol. The summed E-state index contributed by atoms with van der Waals surface area (Å²) in [5, 5.41) is 0. The maximum absolute atomic E-state index is 11.5. The first-order valence-electron chi connectivity index (χ1n) is 5.95. The van der Waals surface area contributed by atoms with E-state index in [2.05, 4.69) is 0 Å². The normalized spacial score (nSPS) is 11.4. The average molecular weight is 232 g/mol. The van der Waals surface area contributed by atoms with Gasteiger partial charge in [0.1, 0.15) is 0 Å². The molecular weight excluding hydrogens is 212 g/mol. The Morgan fingerprint density at radius 2 is 2.06 bits per heavy atom. The van der Waals surface area contributed by atoms with Gasteiger partial charge < -0.3 is 4.42 Å². The van der Waals surface area contributed by atoms with Crippen LogP contribution in [0.4, 0.5) is 0 Å². The van der Waals surface area contributed by atoms with Crippen molar-refractivity contribution in [2.45, 2.75) is 40.0 Å². The molecule has 0 unspecified atom stereocenters. The van der Waals surface area contributed by atoms with Gasteiger partial charge in [-0.3, -0.25) is 4.79 Å². The Balaban J connectivity index is 2.34. The molecule has 0 spiro atoms. The topological polar surface area (TPSA) is 30.2 Å². The fourth-order valence-corrected chi connectivity index (χ4v) is 1.65. The summed E-state index contributed by atoms with van der Waals surface area (Å²) in [6, 6.07) is 1.98. The molecule has 0 aliphatic heterocycles. The molecule has 1 aromatic rings. The monoisotopic (exact) mass is 232 g/mol. The highest BCUT2D eigenvalue weighted by Crippen LogP contribution is 2.10. The zero-order valence-electron chi connectivity index (χ0n) is 10.8. The van der Waals surface area contributed by atoms with Gasteiger partial charge in [0, 0.05) is 0 Å². The van der Waals surface area contributed by atoms with Gasteiger partial charge in [-0.2, -0.15) is 0 Å². The lowest BCUT2D eigenvalue weighted by molar-refractivity contribution is -0.110. The van der Waals surface area contributed by atoms with E-state index in [9.17, 15) is 4.79 Å². The summed E-state index contributed by atoms with van der Waals surface area (Å²) in [5.74, 6) is 0.0887. The van der Waals surface area contributed by atoms with Crippen LogP contribution in [0.3, 0.4) is 0 Å². The van der Waals surface area contributed by atoms with E-state index in [0.717, 1.165) is 30.4 Å². The van der Waals surface area contributed by atoms with Crippen LogP contribution in [0.15, 0.2) is 46.3 Å². The molecule has 2 nitrogen and oxygen atoms in total. The van der Waals surface area contributed by atoms with Crippen LogP contribution in [0.25, 0.3) is 0 Å². The third-order valence-electron chi connectivity index (χ3n) is 2.44. The Morgan fingerprint density at radius 1 is 1.29 bits per heavy atom. The number of ketones is 1. The highest BCUT2D eigenvalue weighted by atomic mass is 16.3. The summed E-state index contributed by atoms with van der Waals surface area (Å²) in [6.45, 7) is 5.87. The van der Waals surface area contributed by atoms with E-state index >= 15 is 0 Å². The number of carbonyl (C=O) groups excluding carboxylic acids is 1. The minimum atomic E-state index is 0.0887. The van der Waals surface area contributed by atoms with Crippen molar-refractivity contribution in [1.29, 1.82) is 0 Å². The molecule has 17 heavy (non-hydrogen) atoms. The molecule has 0 fully saturated rings. The lowest BCUT2D eigenvalue weighted by Crippen LogP contribution is -1.91. The molecule has 0 saturated heterocycles. The molecule has 0 amide bonds. The van der Waals surface area contributed by atoms with E-state index in [-0.39, 0.29) is 5.78 Å². The van der Waals surface area contributed by atoms with Gasteiger partial charge in [0.2, 0.25) is 0 Å². The summed E-state index contributed by atoms with van der Waals surface area (Å²) in [4.78, 5) is 11.5. The van der Waals surface area contributed by atoms with Crippen LogP contribution in [0.2, 0.25) is 0 Å². The lowest BCUT2D eigenvalue weighted by Gasteiger charge is -1.99. The van der Waals surface area contributed by atoms with Crippen molar-refractivity contribution in [3.8, 4) is 0 Å². The molecule has 0 aliphatic rings. The first-order valence-corrected chi connectivity index (χ1v) is 5.95. The van der Waals surface area contributed by atoms with Crippen LogP contribution < -0.4 is 0 Å². The van der Waals surface area contributed by atoms with Crippen molar-refractivity contribution in [2.75, 3.05) is 0 Å².